The van der Waals surface area contributed by atoms with Crippen LogP contribution in [0.15, 0.2) is 24.3 Å². The van der Waals surface area contributed by atoms with Gasteiger partial charge in [-0.3, -0.25) is 14.5 Å². The summed E-state index contributed by atoms with van der Waals surface area (Å²) in [7, 11) is 3.40. The molecule has 2 amide bonds. The highest BCUT2D eigenvalue weighted by molar-refractivity contribution is 5.92. The van der Waals surface area contributed by atoms with E-state index in [-0.39, 0.29) is 37.0 Å². The highest BCUT2D eigenvalue weighted by atomic mass is 16.5. The molecule has 25 heavy (non-hydrogen) atoms. The number of methoxy groups -OCH3 is 1. The molecule has 1 aliphatic rings. The maximum Gasteiger partial charge on any atom is 0.238 e. The average Bonchev–Trinajstić information content (AvgIpc) is 2.55. The van der Waals surface area contributed by atoms with Gasteiger partial charge in [0.1, 0.15) is 5.75 Å². The number of amides is 2. The number of benzene rings is 1. The number of likely N-dealkylation sites (tertiary alicyclic amines) is 1. The van der Waals surface area contributed by atoms with E-state index in [0.29, 0.717) is 5.69 Å². The normalized spacial score (nSPS) is 20.4. The highest BCUT2D eigenvalue weighted by Crippen LogP contribution is 2.22. The number of nitrogens with zero attached hydrogens (tertiary/aromatic N) is 2. The van der Waals surface area contributed by atoms with Crippen LogP contribution in [0, 0.1) is 0 Å². The zero-order valence-corrected chi connectivity index (χ0v) is 15.6. The molecule has 0 saturated carbocycles. The summed E-state index contributed by atoms with van der Waals surface area (Å²) in [4.78, 5) is 28.5. The molecule has 0 radical (unpaired) electrons. The number of rotatable bonds is 6. The Hall–Kier alpha value is -2.08. The van der Waals surface area contributed by atoms with Crippen molar-refractivity contribution in [3.05, 3.63) is 24.3 Å². The van der Waals surface area contributed by atoms with Crippen LogP contribution in [0.5, 0.6) is 5.75 Å². The molecule has 1 aliphatic heterocycles. The third kappa shape index (κ3) is 5.46. The number of carbonyl (C=O) groups is 2. The third-order valence-electron chi connectivity index (χ3n) is 4.67. The van der Waals surface area contributed by atoms with E-state index < -0.39 is 0 Å². The van der Waals surface area contributed by atoms with E-state index in [2.05, 4.69) is 19.2 Å². The van der Waals surface area contributed by atoms with Crippen molar-refractivity contribution in [1.82, 2.24) is 9.80 Å². The summed E-state index contributed by atoms with van der Waals surface area (Å²) in [6.45, 7) is 4.63. The molecule has 1 aromatic rings. The lowest BCUT2D eigenvalue weighted by molar-refractivity contribution is -0.138. The molecule has 6 heteroatoms. The zero-order valence-electron chi connectivity index (χ0n) is 15.6. The molecule has 1 saturated heterocycles. The Morgan fingerprint density at radius 2 is 1.76 bits per heavy atom. The monoisotopic (exact) mass is 347 g/mol. The minimum absolute atomic E-state index is 0.0967. The van der Waals surface area contributed by atoms with Crippen LogP contribution in [-0.2, 0) is 9.59 Å². The second-order valence-electron chi connectivity index (χ2n) is 6.88. The van der Waals surface area contributed by atoms with Crippen LogP contribution in [0.3, 0.4) is 0 Å². The van der Waals surface area contributed by atoms with E-state index in [9.17, 15) is 9.59 Å². The first-order chi connectivity index (χ1) is 11.9. The fourth-order valence-corrected chi connectivity index (χ4v) is 3.40. The van der Waals surface area contributed by atoms with Gasteiger partial charge in [-0.15, -0.1) is 0 Å². The van der Waals surface area contributed by atoms with E-state index in [1.165, 1.54) is 6.42 Å². The molecule has 0 spiro atoms. The average molecular weight is 347 g/mol. The minimum atomic E-state index is -0.139. The van der Waals surface area contributed by atoms with Gasteiger partial charge in [0.05, 0.1) is 20.2 Å². The molecule has 138 valence electrons. The summed E-state index contributed by atoms with van der Waals surface area (Å²) >= 11 is 0. The smallest absolute Gasteiger partial charge is 0.238 e. The van der Waals surface area contributed by atoms with E-state index in [1.807, 2.05) is 4.90 Å². The van der Waals surface area contributed by atoms with Crippen LogP contribution in [0.2, 0.25) is 0 Å². The summed E-state index contributed by atoms with van der Waals surface area (Å²) in [5.74, 6) is 0.699. The van der Waals surface area contributed by atoms with Crippen molar-refractivity contribution in [2.75, 3.05) is 32.6 Å². The Morgan fingerprint density at radius 1 is 1.16 bits per heavy atom. The molecule has 2 atom stereocenters. The lowest BCUT2D eigenvalue weighted by Gasteiger charge is -2.39. The maximum absolute atomic E-state index is 12.6. The zero-order chi connectivity index (χ0) is 18.4. The van der Waals surface area contributed by atoms with E-state index in [0.717, 1.165) is 18.6 Å². The van der Waals surface area contributed by atoms with Gasteiger partial charge in [-0.2, -0.15) is 0 Å². The van der Waals surface area contributed by atoms with Crippen molar-refractivity contribution in [3.63, 3.8) is 0 Å². The lowest BCUT2D eigenvalue weighted by Crippen LogP contribution is -2.51. The number of ether oxygens (including phenoxy) is 1. The molecule has 0 bridgehead atoms. The number of hydrogen-bond acceptors (Lipinski definition) is 4. The standard InChI is InChI=1S/C19H29N3O3/c1-14-6-5-7-15(2)22(14)19(24)13-21(3)12-18(23)20-16-8-10-17(25-4)11-9-16/h8-11,14-15H,5-7,12-13H2,1-4H3,(H,20,23)/t14-,15-/m0/s1. The summed E-state index contributed by atoms with van der Waals surface area (Å²) in [6, 6.07) is 7.72. The molecule has 0 unspecified atom stereocenters. The van der Waals surface area contributed by atoms with Gasteiger partial charge >= 0.3 is 0 Å². The summed E-state index contributed by atoms with van der Waals surface area (Å²) in [5.41, 5.74) is 0.712. The van der Waals surface area contributed by atoms with Crippen molar-refractivity contribution in [2.45, 2.75) is 45.2 Å². The first-order valence-electron chi connectivity index (χ1n) is 8.84. The van der Waals surface area contributed by atoms with Crippen LogP contribution in [0.1, 0.15) is 33.1 Å². The number of anilines is 1. The molecule has 1 fully saturated rings. The maximum atomic E-state index is 12.6. The fourth-order valence-electron chi connectivity index (χ4n) is 3.40. The van der Waals surface area contributed by atoms with Crippen LogP contribution in [0.25, 0.3) is 0 Å². The minimum Gasteiger partial charge on any atom is -0.497 e. The molecule has 1 heterocycles. The Bertz CT molecular complexity index is 578. The van der Waals surface area contributed by atoms with E-state index >= 15 is 0 Å². The first kappa shape index (κ1) is 19.2. The second-order valence-corrected chi connectivity index (χ2v) is 6.88. The van der Waals surface area contributed by atoms with Crippen molar-refractivity contribution in [3.8, 4) is 5.75 Å². The summed E-state index contributed by atoms with van der Waals surface area (Å²) < 4.78 is 5.09. The number of likely N-dealkylation sites (N-methyl/N-ethyl adjacent to an activating group) is 1. The van der Waals surface area contributed by atoms with E-state index in [1.54, 1.807) is 43.3 Å². The predicted molar refractivity (Wildman–Crippen MR) is 98.7 cm³/mol. The molecule has 0 aromatic heterocycles. The number of piperidine rings is 1. The van der Waals surface area contributed by atoms with Crippen molar-refractivity contribution in [2.24, 2.45) is 0 Å². The van der Waals surface area contributed by atoms with Crippen molar-refractivity contribution in [1.29, 1.82) is 0 Å². The number of hydrogen-bond donors (Lipinski definition) is 1. The van der Waals surface area contributed by atoms with Crippen LogP contribution >= 0.6 is 0 Å². The van der Waals surface area contributed by atoms with Gasteiger partial charge < -0.3 is 15.0 Å². The molecule has 6 nitrogen and oxygen atoms in total. The van der Waals surface area contributed by atoms with Gasteiger partial charge in [0.15, 0.2) is 0 Å². The quantitative estimate of drug-likeness (QED) is 0.858. The van der Waals surface area contributed by atoms with Gasteiger partial charge in [-0.05, 0) is 64.4 Å². The second kappa shape index (κ2) is 8.85. The SMILES string of the molecule is COc1ccc(NC(=O)CN(C)CC(=O)N2[C@@H](C)CCC[C@@H]2C)cc1. The Morgan fingerprint density at radius 3 is 2.32 bits per heavy atom. The molecule has 2 rings (SSSR count). The topological polar surface area (TPSA) is 61.9 Å². The molecular weight excluding hydrogens is 318 g/mol. The third-order valence-corrected chi connectivity index (χ3v) is 4.67. The van der Waals surface area contributed by atoms with Gasteiger partial charge in [0.25, 0.3) is 0 Å². The molecular formula is C19H29N3O3. The largest absolute Gasteiger partial charge is 0.497 e. The van der Waals surface area contributed by atoms with Crippen LogP contribution in [0.4, 0.5) is 5.69 Å². The van der Waals surface area contributed by atoms with Gasteiger partial charge in [0, 0.05) is 17.8 Å². The molecule has 1 N–H and O–H groups in total. The fraction of sp³-hybridized carbons (Fsp3) is 0.579. The molecule has 1 aromatic carbocycles. The van der Waals surface area contributed by atoms with Gasteiger partial charge in [-0.25, -0.2) is 0 Å². The predicted octanol–water partition coefficient (Wildman–Crippen LogP) is 2.35. The Kier molecular flexibility index (Phi) is 6.82. The Balaban J connectivity index is 1.82. The number of carbonyl (C=O) groups excluding carboxylic acids is 2. The van der Waals surface area contributed by atoms with E-state index in [4.69, 9.17) is 4.74 Å². The molecule has 0 aliphatic carbocycles. The first-order valence-corrected chi connectivity index (χ1v) is 8.84. The van der Waals surface area contributed by atoms with Crippen molar-refractivity contribution < 1.29 is 14.3 Å². The Labute approximate surface area is 150 Å². The summed E-state index contributed by atoms with van der Waals surface area (Å²) in [6.07, 6.45) is 3.28. The van der Waals surface area contributed by atoms with Gasteiger partial charge in [-0.1, -0.05) is 0 Å². The van der Waals surface area contributed by atoms with Crippen LogP contribution < -0.4 is 10.1 Å². The van der Waals surface area contributed by atoms with Crippen molar-refractivity contribution >= 4 is 17.5 Å². The van der Waals surface area contributed by atoms with Crippen LogP contribution in [-0.4, -0.2) is 60.9 Å². The number of nitrogens with one attached hydrogen (secondary N) is 1. The highest BCUT2D eigenvalue weighted by Gasteiger charge is 2.29. The lowest BCUT2D eigenvalue weighted by atomic mass is 9.97. The van der Waals surface area contributed by atoms with Gasteiger partial charge in [0.2, 0.25) is 11.8 Å². The summed E-state index contributed by atoms with van der Waals surface area (Å²) in [5, 5.41) is 2.83.